The third-order valence-corrected chi connectivity index (χ3v) is 3.89. The predicted octanol–water partition coefficient (Wildman–Crippen LogP) is 1.99. The molecule has 112 valence electrons. The summed E-state index contributed by atoms with van der Waals surface area (Å²) in [6.45, 7) is 3.70. The lowest BCUT2D eigenvalue weighted by Crippen LogP contribution is -2.40. The van der Waals surface area contributed by atoms with E-state index in [9.17, 15) is 0 Å². The van der Waals surface area contributed by atoms with Crippen LogP contribution < -0.4 is 0 Å². The number of likely N-dealkylation sites (N-methyl/N-ethyl adjacent to an activating group) is 1. The Morgan fingerprint density at radius 1 is 1.24 bits per heavy atom. The Morgan fingerprint density at radius 3 is 2.86 bits per heavy atom. The number of ether oxygens (including phenoxy) is 1. The maximum absolute atomic E-state index is 5.86. The van der Waals surface area contributed by atoms with E-state index in [2.05, 4.69) is 27.3 Å². The second-order valence-corrected chi connectivity index (χ2v) is 5.99. The standard InChI is InChI=1S/C14H18N4O3/c1-8-6-18(2)7-12(19-8)14-16-15-13(20-14)10-5-11(21-17-10)9-3-4-9/h5,8-9,12H,3-4,6-7H2,1-2H3/t8-,12-/m1/s1. The maximum atomic E-state index is 5.86. The average molecular weight is 290 g/mol. The van der Waals surface area contributed by atoms with E-state index in [-0.39, 0.29) is 12.2 Å². The smallest absolute Gasteiger partial charge is 0.269 e. The van der Waals surface area contributed by atoms with Crippen molar-refractivity contribution in [2.24, 2.45) is 0 Å². The third-order valence-electron chi connectivity index (χ3n) is 3.89. The van der Waals surface area contributed by atoms with Crippen molar-refractivity contribution in [1.82, 2.24) is 20.3 Å². The van der Waals surface area contributed by atoms with Crippen LogP contribution in [-0.4, -0.2) is 46.5 Å². The summed E-state index contributed by atoms with van der Waals surface area (Å²) in [5.74, 6) is 2.32. The number of hydrogen-bond acceptors (Lipinski definition) is 7. The summed E-state index contributed by atoms with van der Waals surface area (Å²) in [5.41, 5.74) is 0.605. The van der Waals surface area contributed by atoms with Gasteiger partial charge in [0.05, 0.1) is 6.10 Å². The fraction of sp³-hybridized carbons (Fsp3) is 0.643. The zero-order valence-corrected chi connectivity index (χ0v) is 12.2. The molecule has 7 nitrogen and oxygen atoms in total. The second kappa shape index (κ2) is 4.92. The van der Waals surface area contributed by atoms with Gasteiger partial charge in [-0.05, 0) is 26.8 Å². The molecule has 0 N–H and O–H groups in total. The van der Waals surface area contributed by atoms with E-state index >= 15 is 0 Å². The molecular formula is C14H18N4O3. The van der Waals surface area contributed by atoms with Gasteiger partial charge in [0.15, 0.2) is 5.69 Å². The van der Waals surface area contributed by atoms with Gasteiger partial charge in [0.25, 0.3) is 5.89 Å². The molecule has 0 bridgehead atoms. The lowest BCUT2D eigenvalue weighted by molar-refractivity contribution is -0.0821. The van der Waals surface area contributed by atoms with E-state index in [1.807, 2.05) is 13.0 Å². The van der Waals surface area contributed by atoms with E-state index in [1.54, 1.807) is 0 Å². The maximum Gasteiger partial charge on any atom is 0.269 e. The SMILES string of the molecule is C[C@@H]1CN(C)C[C@H](c2nnc(-c3cc(C4CC4)on3)o2)O1. The van der Waals surface area contributed by atoms with Gasteiger partial charge in [-0.3, -0.25) is 0 Å². The summed E-state index contributed by atoms with van der Waals surface area (Å²) in [7, 11) is 2.06. The van der Waals surface area contributed by atoms with Crippen molar-refractivity contribution in [3.8, 4) is 11.6 Å². The molecule has 0 spiro atoms. The Morgan fingerprint density at radius 2 is 2.10 bits per heavy atom. The topological polar surface area (TPSA) is 77.4 Å². The van der Waals surface area contributed by atoms with Crippen molar-refractivity contribution in [2.75, 3.05) is 20.1 Å². The Hall–Kier alpha value is -1.73. The van der Waals surface area contributed by atoms with Crippen LogP contribution in [0.2, 0.25) is 0 Å². The molecule has 1 aliphatic carbocycles. The molecule has 21 heavy (non-hydrogen) atoms. The molecule has 2 atom stereocenters. The van der Waals surface area contributed by atoms with Crippen LogP contribution >= 0.6 is 0 Å². The van der Waals surface area contributed by atoms with E-state index in [4.69, 9.17) is 13.7 Å². The normalized spacial score (nSPS) is 27.1. The summed E-state index contributed by atoms with van der Waals surface area (Å²) in [4.78, 5) is 2.20. The first kappa shape index (κ1) is 13.0. The molecule has 3 heterocycles. The van der Waals surface area contributed by atoms with Gasteiger partial charge < -0.3 is 18.6 Å². The predicted molar refractivity (Wildman–Crippen MR) is 72.6 cm³/mol. The lowest BCUT2D eigenvalue weighted by atomic mass is 10.2. The Kier molecular flexibility index (Phi) is 3.04. The summed E-state index contributed by atoms with van der Waals surface area (Å²) >= 11 is 0. The molecule has 0 aromatic carbocycles. The van der Waals surface area contributed by atoms with E-state index < -0.39 is 0 Å². The van der Waals surface area contributed by atoms with Gasteiger partial charge in [-0.2, -0.15) is 0 Å². The highest BCUT2D eigenvalue weighted by atomic mass is 16.5. The molecule has 0 unspecified atom stereocenters. The van der Waals surface area contributed by atoms with Gasteiger partial charge in [0.2, 0.25) is 5.89 Å². The van der Waals surface area contributed by atoms with Gasteiger partial charge in [-0.25, -0.2) is 0 Å². The number of nitrogens with zero attached hydrogens (tertiary/aromatic N) is 4. The first-order valence-corrected chi connectivity index (χ1v) is 7.33. The first-order chi connectivity index (χ1) is 10.2. The number of rotatable bonds is 3. The van der Waals surface area contributed by atoms with Crippen molar-refractivity contribution < 1.29 is 13.7 Å². The molecule has 1 saturated carbocycles. The van der Waals surface area contributed by atoms with Crippen LogP contribution in [0, 0.1) is 0 Å². The minimum Gasteiger partial charge on any atom is -0.416 e. The minimum absolute atomic E-state index is 0.151. The van der Waals surface area contributed by atoms with E-state index in [1.165, 1.54) is 12.8 Å². The fourth-order valence-corrected chi connectivity index (χ4v) is 2.72. The summed E-state index contributed by atoms with van der Waals surface area (Å²) in [6, 6.07) is 1.89. The van der Waals surface area contributed by atoms with Crippen LogP contribution in [0.4, 0.5) is 0 Å². The largest absolute Gasteiger partial charge is 0.416 e. The van der Waals surface area contributed by atoms with Crippen molar-refractivity contribution in [1.29, 1.82) is 0 Å². The monoisotopic (exact) mass is 290 g/mol. The summed E-state index contributed by atoms with van der Waals surface area (Å²) in [5, 5.41) is 12.2. The molecule has 0 radical (unpaired) electrons. The molecule has 0 amide bonds. The molecule has 2 aromatic heterocycles. The fourth-order valence-electron chi connectivity index (χ4n) is 2.72. The molecule has 1 aliphatic heterocycles. The van der Waals surface area contributed by atoms with Crippen molar-refractivity contribution in [3.05, 3.63) is 17.7 Å². The minimum atomic E-state index is -0.185. The Labute approximate surface area is 122 Å². The summed E-state index contributed by atoms with van der Waals surface area (Å²) in [6.07, 6.45) is 2.31. The number of aromatic nitrogens is 3. The van der Waals surface area contributed by atoms with Crippen LogP contribution in [0.15, 0.2) is 15.0 Å². The molecule has 4 rings (SSSR count). The summed E-state index contributed by atoms with van der Waals surface area (Å²) < 4.78 is 16.9. The zero-order chi connectivity index (χ0) is 14.4. The van der Waals surface area contributed by atoms with Crippen LogP contribution in [-0.2, 0) is 4.74 Å². The van der Waals surface area contributed by atoms with Crippen molar-refractivity contribution in [3.63, 3.8) is 0 Å². The second-order valence-electron chi connectivity index (χ2n) is 5.99. The van der Waals surface area contributed by atoms with Gasteiger partial charge in [0.1, 0.15) is 11.9 Å². The first-order valence-electron chi connectivity index (χ1n) is 7.33. The zero-order valence-electron chi connectivity index (χ0n) is 12.2. The highest BCUT2D eigenvalue weighted by Crippen LogP contribution is 2.41. The average Bonchev–Trinajstić information content (AvgIpc) is 3.00. The van der Waals surface area contributed by atoms with Gasteiger partial charge in [-0.15, -0.1) is 10.2 Å². The number of morpholine rings is 1. The quantitative estimate of drug-likeness (QED) is 0.855. The molecular weight excluding hydrogens is 272 g/mol. The number of hydrogen-bond donors (Lipinski definition) is 0. The van der Waals surface area contributed by atoms with Crippen LogP contribution in [0.5, 0.6) is 0 Å². The molecule has 1 saturated heterocycles. The van der Waals surface area contributed by atoms with Crippen LogP contribution in [0.3, 0.4) is 0 Å². The van der Waals surface area contributed by atoms with Crippen LogP contribution in [0.1, 0.15) is 43.4 Å². The third kappa shape index (κ3) is 2.58. The van der Waals surface area contributed by atoms with E-state index in [0.717, 1.165) is 18.8 Å². The molecule has 2 fully saturated rings. The van der Waals surface area contributed by atoms with Crippen molar-refractivity contribution in [2.45, 2.75) is 37.9 Å². The van der Waals surface area contributed by atoms with Gasteiger partial charge in [0, 0.05) is 25.1 Å². The molecule has 7 heteroatoms. The van der Waals surface area contributed by atoms with Gasteiger partial charge >= 0.3 is 0 Å². The van der Waals surface area contributed by atoms with Crippen LogP contribution in [0.25, 0.3) is 11.6 Å². The van der Waals surface area contributed by atoms with E-state index in [0.29, 0.717) is 23.4 Å². The highest BCUT2D eigenvalue weighted by molar-refractivity contribution is 5.46. The van der Waals surface area contributed by atoms with Gasteiger partial charge in [-0.1, -0.05) is 5.16 Å². The highest BCUT2D eigenvalue weighted by Gasteiger charge is 2.31. The molecule has 2 aromatic rings. The Balaban J connectivity index is 1.54. The Bertz CT molecular complexity index is 624. The van der Waals surface area contributed by atoms with Crippen molar-refractivity contribution >= 4 is 0 Å². The lowest BCUT2D eigenvalue weighted by Gasteiger charge is -2.32. The molecule has 2 aliphatic rings.